The summed E-state index contributed by atoms with van der Waals surface area (Å²) in [6.45, 7) is 1.22. The summed E-state index contributed by atoms with van der Waals surface area (Å²) < 4.78 is 4.95. The molecule has 5 nitrogen and oxygen atoms in total. The Kier molecular flexibility index (Phi) is 4.13. The number of anilines is 2. The van der Waals surface area contributed by atoms with Crippen LogP contribution in [0.25, 0.3) is 0 Å². The summed E-state index contributed by atoms with van der Waals surface area (Å²) in [5.74, 6) is -1.01. The quantitative estimate of drug-likeness (QED) is 0.731. The predicted molar refractivity (Wildman–Crippen MR) is 63.0 cm³/mol. The van der Waals surface area contributed by atoms with Crippen LogP contribution >= 0.6 is 0 Å². The molecular formula is C11H16N2O3. The van der Waals surface area contributed by atoms with Crippen LogP contribution in [0.1, 0.15) is 10.4 Å². The first-order valence-corrected chi connectivity index (χ1v) is 4.89. The number of carboxylic acid groups (broad SMARTS) is 1. The van der Waals surface area contributed by atoms with Crippen LogP contribution < -0.4 is 10.6 Å². The summed E-state index contributed by atoms with van der Waals surface area (Å²) in [5, 5.41) is 8.92. The molecule has 0 saturated carbocycles. The van der Waals surface area contributed by atoms with Crippen molar-refractivity contribution in [2.24, 2.45) is 0 Å². The molecule has 5 heteroatoms. The Balaban J connectivity index is 2.96. The second-order valence-corrected chi connectivity index (χ2v) is 3.46. The molecule has 1 aromatic carbocycles. The van der Waals surface area contributed by atoms with Gasteiger partial charge in [-0.1, -0.05) is 6.07 Å². The SMILES string of the molecule is COCCN(C)c1cccc(C(=O)O)c1N. The minimum absolute atomic E-state index is 0.127. The van der Waals surface area contributed by atoms with Crippen LogP contribution in [-0.2, 0) is 4.74 Å². The van der Waals surface area contributed by atoms with Crippen molar-refractivity contribution in [3.8, 4) is 0 Å². The van der Waals surface area contributed by atoms with Crippen LogP contribution in [0, 0.1) is 0 Å². The van der Waals surface area contributed by atoms with Gasteiger partial charge in [-0.05, 0) is 12.1 Å². The molecule has 0 spiro atoms. The monoisotopic (exact) mass is 224 g/mol. The number of rotatable bonds is 5. The standard InChI is InChI=1S/C11H16N2O3/c1-13(6-7-16-2)9-5-3-4-8(10(9)12)11(14)15/h3-5H,6-7,12H2,1-2H3,(H,14,15). The van der Waals surface area contributed by atoms with E-state index < -0.39 is 5.97 Å². The first-order chi connectivity index (χ1) is 7.57. The lowest BCUT2D eigenvalue weighted by atomic mass is 10.1. The van der Waals surface area contributed by atoms with E-state index in [4.69, 9.17) is 15.6 Å². The number of likely N-dealkylation sites (N-methyl/N-ethyl adjacent to an activating group) is 1. The Morgan fingerprint density at radius 2 is 2.25 bits per heavy atom. The van der Waals surface area contributed by atoms with Crippen molar-refractivity contribution >= 4 is 17.3 Å². The van der Waals surface area contributed by atoms with Gasteiger partial charge in [0.05, 0.1) is 23.5 Å². The molecule has 0 aliphatic heterocycles. The molecule has 0 fully saturated rings. The fourth-order valence-corrected chi connectivity index (χ4v) is 1.42. The lowest BCUT2D eigenvalue weighted by Crippen LogP contribution is -2.23. The van der Waals surface area contributed by atoms with Gasteiger partial charge in [0.2, 0.25) is 0 Å². The van der Waals surface area contributed by atoms with E-state index in [1.54, 1.807) is 19.2 Å². The number of carbonyl (C=O) groups is 1. The molecule has 0 saturated heterocycles. The summed E-state index contributed by atoms with van der Waals surface area (Å²) in [6.07, 6.45) is 0. The number of ether oxygens (including phenoxy) is 1. The van der Waals surface area contributed by atoms with E-state index in [9.17, 15) is 4.79 Å². The molecule has 0 aliphatic rings. The third-order valence-corrected chi connectivity index (χ3v) is 2.36. The van der Waals surface area contributed by atoms with Gasteiger partial charge in [0, 0.05) is 20.7 Å². The molecule has 0 radical (unpaired) electrons. The number of para-hydroxylation sites is 1. The second kappa shape index (κ2) is 5.37. The third-order valence-electron chi connectivity index (χ3n) is 2.36. The summed E-state index contributed by atoms with van der Waals surface area (Å²) >= 11 is 0. The van der Waals surface area contributed by atoms with Gasteiger partial charge in [-0.2, -0.15) is 0 Å². The Hall–Kier alpha value is -1.75. The average Bonchev–Trinajstić information content (AvgIpc) is 2.25. The maximum absolute atomic E-state index is 10.9. The van der Waals surface area contributed by atoms with Crippen molar-refractivity contribution in [3.05, 3.63) is 23.8 Å². The summed E-state index contributed by atoms with van der Waals surface area (Å²) in [6, 6.07) is 4.96. The van der Waals surface area contributed by atoms with Gasteiger partial charge in [-0.25, -0.2) is 4.79 Å². The molecule has 3 N–H and O–H groups in total. The molecule has 1 aromatic rings. The van der Waals surface area contributed by atoms with Gasteiger partial charge in [0.1, 0.15) is 0 Å². The third kappa shape index (κ3) is 2.64. The number of nitrogens with zero attached hydrogens (tertiary/aromatic N) is 1. The van der Waals surface area contributed by atoms with Crippen LogP contribution in [0.15, 0.2) is 18.2 Å². The molecule has 16 heavy (non-hydrogen) atoms. The normalized spacial score (nSPS) is 10.1. The zero-order valence-corrected chi connectivity index (χ0v) is 9.43. The van der Waals surface area contributed by atoms with Gasteiger partial charge in [0.15, 0.2) is 0 Å². The van der Waals surface area contributed by atoms with Crippen LogP contribution in [-0.4, -0.2) is 38.4 Å². The highest BCUT2D eigenvalue weighted by Gasteiger charge is 2.13. The number of hydrogen-bond acceptors (Lipinski definition) is 4. The summed E-state index contributed by atoms with van der Waals surface area (Å²) in [5.41, 5.74) is 6.91. The Morgan fingerprint density at radius 1 is 1.56 bits per heavy atom. The summed E-state index contributed by atoms with van der Waals surface area (Å²) in [4.78, 5) is 12.8. The molecule has 0 atom stereocenters. The van der Waals surface area contributed by atoms with E-state index in [0.717, 1.165) is 0 Å². The van der Waals surface area contributed by atoms with Gasteiger partial charge in [-0.15, -0.1) is 0 Å². The highest BCUT2D eigenvalue weighted by Crippen LogP contribution is 2.25. The van der Waals surface area contributed by atoms with Crippen LogP contribution in [0.5, 0.6) is 0 Å². The molecule has 88 valence electrons. The number of aromatic carboxylic acids is 1. The zero-order valence-electron chi connectivity index (χ0n) is 9.43. The van der Waals surface area contributed by atoms with Crippen molar-refractivity contribution < 1.29 is 14.6 Å². The van der Waals surface area contributed by atoms with E-state index in [1.165, 1.54) is 6.07 Å². The van der Waals surface area contributed by atoms with Crippen molar-refractivity contribution in [3.63, 3.8) is 0 Å². The van der Waals surface area contributed by atoms with Crippen LogP contribution in [0.4, 0.5) is 11.4 Å². The molecule has 0 heterocycles. The maximum atomic E-state index is 10.9. The van der Waals surface area contributed by atoms with E-state index in [-0.39, 0.29) is 11.3 Å². The smallest absolute Gasteiger partial charge is 0.337 e. The Bertz CT molecular complexity index is 379. The van der Waals surface area contributed by atoms with E-state index in [0.29, 0.717) is 18.8 Å². The van der Waals surface area contributed by atoms with Crippen molar-refractivity contribution in [2.45, 2.75) is 0 Å². The second-order valence-electron chi connectivity index (χ2n) is 3.46. The average molecular weight is 224 g/mol. The largest absolute Gasteiger partial charge is 0.478 e. The Labute approximate surface area is 94.4 Å². The first kappa shape index (κ1) is 12.3. The van der Waals surface area contributed by atoms with Crippen molar-refractivity contribution in [2.75, 3.05) is 37.9 Å². The molecule has 0 aromatic heterocycles. The highest BCUT2D eigenvalue weighted by molar-refractivity contribution is 5.97. The highest BCUT2D eigenvalue weighted by atomic mass is 16.5. The lowest BCUT2D eigenvalue weighted by Gasteiger charge is -2.21. The number of benzene rings is 1. The molecule has 1 rings (SSSR count). The zero-order chi connectivity index (χ0) is 12.1. The van der Waals surface area contributed by atoms with E-state index in [2.05, 4.69) is 0 Å². The summed E-state index contributed by atoms with van der Waals surface area (Å²) in [7, 11) is 3.46. The first-order valence-electron chi connectivity index (χ1n) is 4.89. The van der Waals surface area contributed by atoms with Gasteiger partial charge >= 0.3 is 5.97 Å². The van der Waals surface area contributed by atoms with Crippen molar-refractivity contribution in [1.82, 2.24) is 0 Å². The number of nitrogens with two attached hydrogens (primary N) is 1. The van der Waals surface area contributed by atoms with Gasteiger partial charge in [0.25, 0.3) is 0 Å². The fourth-order valence-electron chi connectivity index (χ4n) is 1.42. The maximum Gasteiger partial charge on any atom is 0.337 e. The Morgan fingerprint density at radius 3 is 2.81 bits per heavy atom. The molecule has 0 amide bonds. The van der Waals surface area contributed by atoms with E-state index in [1.807, 2.05) is 11.9 Å². The minimum Gasteiger partial charge on any atom is -0.478 e. The fraction of sp³-hybridized carbons (Fsp3) is 0.364. The molecular weight excluding hydrogens is 208 g/mol. The van der Waals surface area contributed by atoms with Crippen LogP contribution in [0.2, 0.25) is 0 Å². The number of methoxy groups -OCH3 is 1. The lowest BCUT2D eigenvalue weighted by molar-refractivity contribution is 0.0698. The van der Waals surface area contributed by atoms with Gasteiger partial charge < -0.3 is 20.5 Å². The number of nitrogen functional groups attached to an aromatic ring is 1. The van der Waals surface area contributed by atoms with Crippen molar-refractivity contribution in [1.29, 1.82) is 0 Å². The minimum atomic E-state index is -1.01. The van der Waals surface area contributed by atoms with Crippen LogP contribution in [0.3, 0.4) is 0 Å². The molecule has 0 bridgehead atoms. The van der Waals surface area contributed by atoms with E-state index >= 15 is 0 Å². The van der Waals surface area contributed by atoms with Gasteiger partial charge in [-0.3, -0.25) is 0 Å². The topological polar surface area (TPSA) is 75.8 Å². The molecule has 0 unspecified atom stereocenters. The number of carboxylic acids is 1. The predicted octanol–water partition coefficient (Wildman–Crippen LogP) is 1.05. The molecule has 0 aliphatic carbocycles. The number of hydrogen-bond donors (Lipinski definition) is 2.